The lowest BCUT2D eigenvalue weighted by Crippen LogP contribution is -2.39. The van der Waals surface area contributed by atoms with Crippen LogP contribution in [0.3, 0.4) is 0 Å². The molecule has 1 N–H and O–H groups in total. The van der Waals surface area contributed by atoms with E-state index in [9.17, 15) is 14.4 Å². The number of rotatable bonds is 13. The monoisotopic (exact) mass is 703 g/mol. The van der Waals surface area contributed by atoms with Crippen LogP contribution in [0, 0.1) is 6.92 Å². The number of aryl methyl sites for hydroxylation is 1. The first kappa shape index (κ1) is 35.7. The molecule has 0 radical (unpaired) electrons. The minimum atomic E-state index is -1.21. The van der Waals surface area contributed by atoms with Gasteiger partial charge in [0, 0.05) is 23.1 Å². The fourth-order valence-corrected chi connectivity index (χ4v) is 6.39. The minimum absolute atomic E-state index is 0.0481. The highest BCUT2D eigenvalue weighted by molar-refractivity contribution is 5.91. The molecular formula is C39H37N5O8. The van der Waals surface area contributed by atoms with Gasteiger partial charge in [0.25, 0.3) is 5.56 Å². The summed E-state index contributed by atoms with van der Waals surface area (Å²) in [6.07, 6.45) is -1.18. The van der Waals surface area contributed by atoms with Crippen LogP contribution in [0.2, 0.25) is 0 Å². The lowest BCUT2D eigenvalue weighted by molar-refractivity contribution is -0.0967. The van der Waals surface area contributed by atoms with Crippen molar-refractivity contribution in [1.29, 1.82) is 0 Å². The van der Waals surface area contributed by atoms with E-state index in [0.29, 0.717) is 22.6 Å². The zero-order chi connectivity index (χ0) is 36.7. The zero-order valence-electron chi connectivity index (χ0n) is 28.8. The summed E-state index contributed by atoms with van der Waals surface area (Å²) in [7, 11) is 3.19. The van der Waals surface area contributed by atoms with Crippen molar-refractivity contribution in [3.05, 3.63) is 174 Å². The van der Waals surface area contributed by atoms with Crippen molar-refractivity contribution < 1.29 is 28.5 Å². The molecule has 1 saturated heterocycles. The van der Waals surface area contributed by atoms with Crippen LogP contribution in [-0.4, -0.2) is 48.6 Å². The SMILES string of the molecule is COc1ccc(C(OC[C@H]2O[C@@H](n3cc(C)c(=O)[nH]c3=O)C[C@@H]2OC(=O)c2ccccc2CN=[N+]=[N-])(c2ccccc2)c2ccc(OC)cc2)cc1. The summed E-state index contributed by atoms with van der Waals surface area (Å²) in [5, 5.41) is 3.62. The maximum absolute atomic E-state index is 13.7. The number of carbonyl (C=O) groups is 1. The van der Waals surface area contributed by atoms with Crippen LogP contribution in [-0.2, 0) is 26.4 Å². The van der Waals surface area contributed by atoms with Gasteiger partial charge in [0.1, 0.15) is 35.5 Å². The highest BCUT2D eigenvalue weighted by atomic mass is 16.6. The predicted molar refractivity (Wildman–Crippen MR) is 191 cm³/mol. The highest BCUT2D eigenvalue weighted by Gasteiger charge is 2.44. The molecule has 1 aliphatic rings. The third kappa shape index (κ3) is 7.33. The lowest BCUT2D eigenvalue weighted by atomic mass is 9.80. The molecule has 13 heteroatoms. The Hall–Kier alpha value is -6.14. The Kier molecular flexibility index (Phi) is 10.9. The average molecular weight is 704 g/mol. The van der Waals surface area contributed by atoms with Gasteiger partial charge in [-0.2, -0.15) is 0 Å². The molecule has 52 heavy (non-hydrogen) atoms. The van der Waals surface area contributed by atoms with Crippen LogP contribution in [0.25, 0.3) is 10.4 Å². The number of nitrogens with one attached hydrogen (secondary N) is 1. The first-order valence-corrected chi connectivity index (χ1v) is 16.5. The number of aromatic amines is 1. The number of benzene rings is 4. The Labute approximate surface area is 299 Å². The van der Waals surface area contributed by atoms with Crippen LogP contribution in [0.5, 0.6) is 11.5 Å². The van der Waals surface area contributed by atoms with Gasteiger partial charge in [0.15, 0.2) is 0 Å². The van der Waals surface area contributed by atoms with Crippen LogP contribution >= 0.6 is 0 Å². The average Bonchev–Trinajstić information content (AvgIpc) is 3.58. The van der Waals surface area contributed by atoms with E-state index in [2.05, 4.69) is 15.0 Å². The number of hydrogen-bond donors (Lipinski definition) is 1. The van der Waals surface area contributed by atoms with Crippen molar-refractivity contribution in [2.45, 2.75) is 43.9 Å². The smallest absolute Gasteiger partial charge is 0.338 e. The van der Waals surface area contributed by atoms with Crippen LogP contribution in [0.15, 0.2) is 124 Å². The summed E-state index contributed by atoms with van der Waals surface area (Å²) in [5.74, 6) is 0.668. The number of carbonyl (C=O) groups excluding carboxylic acids is 1. The fourth-order valence-electron chi connectivity index (χ4n) is 6.39. The molecule has 5 aromatic rings. The van der Waals surface area contributed by atoms with E-state index >= 15 is 0 Å². The van der Waals surface area contributed by atoms with E-state index < -0.39 is 41.3 Å². The summed E-state index contributed by atoms with van der Waals surface area (Å²) >= 11 is 0. The molecule has 0 bridgehead atoms. The Morgan fingerprint density at radius 1 is 0.904 bits per heavy atom. The first-order valence-electron chi connectivity index (χ1n) is 16.5. The molecule has 13 nitrogen and oxygen atoms in total. The number of esters is 1. The minimum Gasteiger partial charge on any atom is -0.497 e. The number of hydrogen-bond acceptors (Lipinski definition) is 9. The Balaban J connectivity index is 1.42. The molecule has 1 fully saturated rings. The van der Waals surface area contributed by atoms with Crippen LogP contribution < -0.4 is 20.7 Å². The van der Waals surface area contributed by atoms with Crippen LogP contribution in [0.1, 0.15) is 50.8 Å². The summed E-state index contributed by atoms with van der Waals surface area (Å²) in [4.78, 5) is 44.1. The molecule has 4 aromatic carbocycles. The first-order chi connectivity index (χ1) is 25.3. The van der Waals surface area contributed by atoms with Gasteiger partial charge in [-0.3, -0.25) is 14.3 Å². The molecule has 1 aliphatic heterocycles. The highest BCUT2D eigenvalue weighted by Crippen LogP contribution is 2.43. The lowest BCUT2D eigenvalue weighted by Gasteiger charge is -2.37. The number of aromatic nitrogens is 2. The van der Waals surface area contributed by atoms with E-state index in [1.165, 1.54) is 10.8 Å². The molecular weight excluding hydrogens is 666 g/mol. The van der Waals surface area contributed by atoms with E-state index in [0.717, 1.165) is 16.7 Å². The molecule has 2 heterocycles. The van der Waals surface area contributed by atoms with Crippen LogP contribution in [0.4, 0.5) is 0 Å². The molecule has 266 valence electrons. The summed E-state index contributed by atoms with van der Waals surface area (Å²) in [6.45, 7) is 1.44. The second-order valence-corrected chi connectivity index (χ2v) is 12.1. The molecule has 0 amide bonds. The quantitative estimate of drug-likeness (QED) is 0.0498. The Morgan fingerprint density at radius 2 is 1.50 bits per heavy atom. The normalized spacial score (nSPS) is 16.9. The van der Waals surface area contributed by atoms with Gasteiger partial charge in [-0.25, -0.2) is 9.59 Å². The van der Waals surface area contributed by atoms with Crippen molar-refractivity contribution in [3.8, 4) is 11.5 Å². The Morgan fingerprint density at radius 3 is 2.12 bits per heavy atom. The third-order valence-corrected chi connectivity index (χ3v) is 9.07. The van der Waals surface area contributed by atoms with Crippen molar-refractivity contribution in [2.75, 3.05) is 20.8 Å². The van der Waals surface area contributed by atoms with E-state index in [1.54, 1.807) is 45.4 Å². The fraction of sp³-hybridized carbons (Fsp3) is 0.256. The van der Waals surface area contributed by atoms with Crippen molar-refractivity contribution >= 4 is 5.97 Å². The molecule has 6 rings (SSSR count). The number of H-pyrrole nitrogens is 1. The number of nitrogens with zero attached hydrogens (tertiary/aromatic N) is 4. The van der Waals surface area contributed by atoms with Crippen molar-refractivity contribution in [3.63, 3.8) is 0 Å². The van der Waals surface area contributed by atoms with Gasteiger partial charge < -0.3 is 23.7 Å². The van der Waals surface area contributed by atoms with Gasteiger partial charge in [-0.05, 0) is 65.0 Å². The van der Waals surface area contributed by atoms with Gasteiger partial charge in [0.05, 0.1) is 32.9 Å². The summed E-state index contributed by atoms with van der Waals surface area (Å²) < 4.78 is 31.9. The van der Waals surface area contributed by atoms with Gasteiger partial charge in [-0.15, -0.1) is 0 Å². The largest absolute Gasteiger partial charge is 0.497 e. The maximum atomic E-state index is 13.7. The van der Waals surface area contributed by atoms with Gasteiger partial charge in [-0.1, -0.05) is 77.9 Å². The van der Waals surface area contributed by atoms with Gasteiger partial charge >= 0.3 is 11.7 Å². The summed E-state index contributed by atoms with van der Waals surface area (Å²) in [6, 6.07) is 31.5. The van der Waals surface area contributed by atoms with E-state index in [1.807, 2.05) is 78.9 Å². The van der Waals surface area contributed by atoms with Crippen molar-refractivity contribution in [1.82, 2.24) is 9.55 Å². The Bertz CT molecular complexity index is 2130. The van der Waals surface area contributed by atoms with E-state index in [4.69, 9.17) is 29.2 Å². The number of ether oxygens (including phenoxy) is 5. The van der Waals surface area contributed by atoms with Gasteiger partial charge in [0.2, 0.25) is 0 Å². The molecule has 0 unspecified atom stereocenters. The second kappa shape index (κ2) is 15.8. The molecule has 0 aliphatic carbocycles. The van der Waals surface area contributed by atoms with Crippen molar-refractivity contribution in [2.24, 2.45) is 5.11 Å². The molecule has 0 spiro atoms. The maximum Gasteiger partial charge on any atom is 0.338 e. The second-order valence-electron chi connectivity index (χ2n) is 12.1. The third-order valence-electron chi connectivity index (χ3n) is 9.07. The zero-order valence-corrected chi connectivity index (χ0v) is 28.8. The number of methoxy groups -OCH3 is 2. The predicted octanol–water partition coefficient (Wildman–Crippen LogP) is 6.19. The number of azide groups is 1. The van der Waals surface area contributed by atoms with E-state index in [-0.39, 0.29) is 25.1 Å². The molecule has 1 aromatic heterocycles. The molecule has 0 saturated carbocycles. The summed E-state index contributed by atoms with van der Waals surface area (Å²) in [5.41, 5.74) is 9.92. The topological polar surface area (TPSA) is 167 Å². The standard InChI is InChI=1S/C39H37N5O8/c1-25-23-44(38(47)42-36(25)45)35-21-33(52-37(46)32-12-8-7-9-26(32)22-41-43-40)34(51-35)24-50-39(27-10-5-4-6-11-27,28-13-17-30(48-2)18-14-28)29-15-19-31(49-3)20-16-29/h4-20,23,33-35H,21-22,24H2,1-3H3,(H,42,45,47)/t33-,34+,35+/m0/s1. The molecule has 3 atom stereocenters.